The number of H-pyrrole nitrogens is 1. The Balaban J connectivity index is 2.22. The van der Waals surface area contributed by atoms with Crippen LogP contribution in [0.5, 0.6) is 0 Å². The van der Waals surface area contributed by atoms with Crippen LogP contribution in [0.1, 0.15) is 0 Å². The summed E-state index contributed by atoms with van der Waals surface area (Å²) in [7, 11) is 0. The lowest BCUT2D eigenvalue weighted by Gasteiger charge is -2.01. The zero-order valence-corrected chi connectivity index (χ0v) is 12.0. The Hall–Kier alpha value is -1.53. The first-order valence-electron chi connectivity index (χ1n) is 5.45. The number of fused-ring (bicyclic) bond motifs is 1. The molecule has 0 atom stereocenters. The molecule has 2 aromatic carbocycles. The molecule has 1 aromatic heterocycles. The third kappa shape index (κ3) is 2.19. The molecule has 0 spiro atoms. The van der Waals surface area contributed by atoms with Crippen molar-refractivity contribution in [1.29, 1.82) is 0 Å². The van der Waals surface area contributed by atoms with Crippen LogP contribution in [0.15, 0.2) is 28.7 Å². The van der Waals surface area contributed by atoms with Crippen molar-refractivity contribution in [1.82, 2.24) is 9.97 Å². The molecule has 20 heavy (non-hydrogen) atoms. The molecule has 0 unspecified atom stereocenters. The van der Waals surface area contributed by atoms with Crippen LogP contribution in [-0.2, 0) is 0 Å². The number of hydrogen-bond donors (Lipinski definition) is 1. The van der Waals surface area contributed by atoms with E-state index in [1.54, 1.807) is 0 Å². The first kappa shape index (κ1) is 13.5. The molecule has 0 radical (unpaired) electrons. The highest BCUT2D eigenvalue weighted by molar-refractivity contribution is 9.10. The summed E-state index contributed by atoms with van der Waals surface area (Å²) in [5.41, 5.74) is 0.748. The van der Waals surface area contributed by atoms with Crippen molar-refractivity contribution in [2.24, 2.45) is 0 Å². The molecule has 3 aromatic rings. The van der Waals surface area contributed by atoms with Gasteiger partial charge in [-0.2, -0.15) is 0 Å². The fourth-order valence-corrected chi connectivity index (χ4v) is 2.32. The van der Waals surface area contributed by atoms with Gasteiger partial charge in [0.25, 0.3) is 0 Å². The average Bonchev–Trinajstić information content (AvgIpc) is 2.77. The Morgan fingerprint density at radius 2 is 1.75 bits per heavy atom. The lowest BCUT2D eigenvalue weighted by molar-refractivity contribution is 0.602. The molecule has 0 amide bonds. The van der Waals surface area contributed by atoms with Gasteiger partial charge in [0, 0.05) is 6.07 Å². The number of nitrogens with one attached hydrogen (secondary N) is 1. The van der Waals surface area contributed by atoms with Crippen LogP contribution >= 0.6 is 27.5 Å². The van der Waals surface area contributed by atoms with Gasteiger partial charge in [-0.15, -0.1) is 0 Å². The van der Waals surface area contributed by atoms with Gasteiger partial charge in [-0.1, -0.05) is 11.6 Å². The van der Waals surface area contributed by atoms with Gasteiger partial charge in [0.2, 0.25) is 0 Å². The Kier molecular flexibility index (Phi) is 3.22. The topological polar surface area (TPSA) is 28.7 Å². The minimum absolute atomic E-state index is 0.0698. The maximum atomic E-state index is 13.8. The smallest absolute Gasteiger partial charge is 0.142 e. The van der Waals surface area contributed by atoms with E-state index >= 15 is 0 Å². The van der Waals surface area contributed by atoms with Gasteiger partial charge in [0.05, 0.1) is 26.1 Å². The summed E-state index contributed by atoms with van der Waals surface area (Å²) in [6, 6.07) is 4.49. The summed E-state index contributed by atoms with van der Waals surface area (Å²) in [6.45, 7) is 0. The van der Waals surface area contributed by atoms with Gasteiger partial charge < -0.3 is 4.98 Å². The highest BCUT2D eigenvalue weighted by Crippen LogP contribution is 2.29. The van der Waals surface area contributed by atoms with E-state index in [4.69, 9.17) is 11.6 Å². The zero-order valence-electron chi connectivity index (χ0n) is 9.65. The van der Waals surface area contributed by atoms with Crippen LogP contribution < -0.4 is 0 Å². The van der Waals surface area contributed by atoms with Crippen molar-refractivity contribution in [3.8, 4) is 11.4 Å². The fourth-order valence-electron chi connectivity index (χ4n) is 1.84. The predicted octanol–water partition coefficient (Wildman–Crippen LogP) is 5.06. The molecule has 1 N–H and O–H groups in total. The van der Waals surface area contributed by atoms with Gasteiger partial charge in [-0.05, 0) is 34.1 Å². The lowest BCUT2D eigenvalue weighted by atomic mass is 10.2. The van der Waals surface area contributed by atoms with Crippen molar-refractivity contribution in [3.63, 3.8) is 0 Å². The van der Waals surface area contributed by atoms with Crippen molar-refractivity contribution in [2.75, 3.05) is 0 Å². The van der Waals surface area contributed by atoms with Gasteiger partial charge in [0.1, 0.15) is 23.3 Å². The van der Waals surface area contributed by atoms with Crippen LogP contribution in [-0.4, -0.2) is 9.97 Å². The van der Waals surface area contributed by atoms with E-state index in [0.717, 1.165) is 12.1 Å². The van der Waals surface area contributed by atoms with Gasteiger partial charge in [-0.25, -0.2) is 18.2 Å². The van der Waals surface area contributed by atoms with E-state index in [-0.39, 0.29) is 20.9 Å². The molecule has 0 aliphatic rings. The summed E-state index contributed by atoms with van der Waals surface area (Å²) in [4.78, 5) is 6.86. The Morgan fingerprint density at radius 3 is 2.50 bits per heavy atom. The van der Waals surface area contributed by atoms with Crippen LogP contribution in [0.25, 0.3) is 22.4 Å². The molecule has 2 nitrogen and oxygen atoms in total. The van der Waals surface area contributed by atoms with E-state index < -0.39 is 17.5 Å². The maximum absolute atomic E-state index is 13.8. The quantitative estimate of drug-likeness (QED) is 0.603. The zero-order chi connectivity index (χ0) is 14.4. The third-order valence-corrected chi connectivity index (χ3v) is 3.69. The Labute approximate surface area is 124 Å². The lowest BCUT2D eigenvalue weighted by Crippen LogP contribution is -1.89. The molecular weight excluding hydrogens is 357 g/mol. The molecule has 0 aliphatic heterocycles. The van der Waals surface area contributed by atoms with Crippen LogP contribution in [0, 0.1) is 17.5 Å². The number of imidazole rings is 1. The maximum Gasteiger partial charge on any atom is 0.142 e. The molecular formula is C13H5BrClF3N2. The van der Waals surface area contributed by atoms with E-state index in [0.29, 0.717) is 11.0 Å². The SMILES string of the molecule is Fc1cc(-c2nc3cc(Br)c(F)cc3[nH]2)c(F)cc1Cl. The second-order valence-corrected chi connectivity index (χ2v) is 5.38. The number of halogens is 5. The van der Waals surface area contributed by atoms with Crippen molar-refractivity contribution >= 4 is 38.6 Å². The first-order valence-corrected chi connectivity index (χ1v) is 6.62. The highest BCUT2D eigenvalue weighted by Gasteiger charge is 2.15. The highest BCUT2D eigenvalue weighted by atomic mass is 79.9. The van der Waals surface area contributed by atoms with Crippen molar-refractivity contribution < 1.29 is 13.2 Å². The standard InChI is InChI=1S/C13H5BrClF3N2/c14-6-2-11-12(4-9(6)17)20-13(19-11)5-1-10(18)7(15)3-8(5)16/h1-4H,(H,19,20). The van der Waals surface area contributed by atoms with Crippen molar-refractivity contribution in [2.45, 2.75) is 0 Å². The minimum atomic E-state index is -0.754. The molecule has 0 saturated heterocycles. The number of benzene rings is 2. The molecule has 7 heteroatoms. The largest absolute Gasteiger partial charge is 0.338 e. The van der Waals surface area contributed by atoms with Crippen LogP contribution in [0.3, 0.4) is 0 Å². The molecule has 0 fully saturated rings. The van der Waals surface area contributed by atoms with Crippen molar-refractivity contribution in [3.05, 3.63) is 51.2 Å². The third-order valence-electron chi connectivity index (χ3n) is 2.79. The normalized spacial score (nSPS) is 11.2. The van der Waals surface area contributed by atoms with E-state index in [2.05, 4.69) is 25.9 Å². The summed E-state index contributed by atoms with van der Waals surface area (Å²) < 4.78 is 40.9. The Bertz CT molecular complexity index is 793. The van der Waals surface area contributed by atoms with E-state index in [1.165, 1.54) is 12.1 Å². The average molecular weight is 362 g/mol. The molecule has 0 bridgehead atoms. The summed E-state index contributed by atoms with van der Waals surface area (Å²) in [6.07, 6.45) is 0. The summed E-state index contributed by atoms with van der Waals surface area (Å²) in [5, 5.41) is -0.309. The number of aromatic nitrogens is 2. The number of nitrogens with zero attached hydrogens (tertiary/aromatic N) is 1. The molecule has 102 valence electrons. The van der Waals surface area contributed by atoms with Gasteiger partial charge in [0.15, 0.2) is 0 Å². The molecule has 1 heterocycles. The molecule has 3 rings (SSSR count). The molecule has 0 saturated carbocycles. The van der Waals surface area contributed by atoms with Crippen LogP contribution in [0.4, 0.5) is 13.2 Å². The Morgan fingerprint density at radius 1 is 1.00 bits per heavy atom. The molecule has 0 aliphatic carbocycles. The second kappa shape index (κ2) is 4.79. The van der Waals surface area contributed by atoms with Crippen LogP contribution in [0.2, 0.25) is 5.02 Å². The summed E-state index contributed by atoms with van der Waals surface area (Å²) in [5.74, 6) is -1.84. The minimum Gasteiger partial charge on any atom is -0.338 e. The van der Waals surface area contributed by atoms with Gasteiger partial charge in [-0.3, -0.25) is 0 Å². The number of aromatic amines is 1. The second-order valence-electron chi connectivity index (χ2n) is 4.12. The summed E-state index contributed by atoms with van der Waals surface area (Å²) >= 11 is 8.53. The number of rotatable bonds is 1. The van der Waals surface area contributed by atoms with E-state index in [9.17, 15) is 13.2 Å². The van der Waals surface area contributed by atoms with Gasteiger partial charge >= 0.3 is 0 Å². The predicted molar refractivity (Wildman–Crippen MR) is 74.1 cm³/mol. The van der Waals surface area contributed by atoms with E-state index in [1.807, 2.05) is 0 Å². The fraction of sp³-hybridized carbons (Fsp3) is 0. The first-order chi connectivity index (χ1) is 9.45. The number of hydrogen-bond acceptors (Lipinski definition) is 1. The monoisotopic (exact) mass is 360 g/mol.